The second-order valence-corrected chi connectivity index (χ2v) is 5.95. The molecule has 1 aliphatic carbocycles. The van der Waals surface area contributed by atoms with Crippen molar-refractivity contribution in [2.24, 2.45) is 5.92 Å². The van der Waals surface area contributed by atoms with Crippen molar-refractivity contribution in [3.8, 4) is 0 Å². The molecular formula is C16H20N4. The van der Waals surface area contributed by atoms with Gasteiger partial charge in [-0.2, -0.15) is 0 Å². The lowest BCUT2D eigenvalue weighted by Gasteiger charge is -2.35. The fraction of sp³-hybridized carbons (Fsp3) is 0.500. The van der Waals surface area contributed by atoms with E-state index in [1.807, 2.05) is 30.5 Å². The normalized spacial score (nSPS) is 20.5. The first-order valence-corrected chi connectivity index (χ1v) is 7.57. The third kappa shape index (κ3) is 2.48. The molecule has 0 radical (unpaired) electrons. The molecule has 1 aromatic carbocycles. The Morgan fingerprint density at radius 2 is 1.75 bits per heavy atom. The van der Waals surface area contributed by atoms with Crippen molar-refractivity contribution in [3.05, 3.63) is 30.5 Å². The summed E-state index contributed by atoms with van der Waals surface area (Å²) >= 11 is 0. The number of para-hydroxylation sites is 2. The maximum atomic E-state index is 4.74. The van der Waals surface area contributed by atoms with Gasteiger partial charge in [-0.1, -0.05) is 12.1 Å². The smallest absolute Gasteiger partial charge is 0.147 e. The van der Waals surface area contributed by atoms with E-state index in [9.17, 15) is 0 Å². The van der Waals surface area contributed by atoms with Gasteiger partial charge in [-0.3, -0.25) is 9.88 Å². The summed E-state index contributed by atoms with van der Waals surface area (Å²) in [6.07, 6.45) is 4.80. The van der Waals surface area contributed by atoms with Crippen LogP contribution in [0.25, 0.3) is 11.0 Å². The van der Waals surface area contributed by atoms with Gasteiger partial charge in [-0.15, -0.1) is 0 Å². The standard InChI is InChI=1S/C16H20N4/c1-2-4-15-14(3-1)17-11-16(18-15)20-9-7-19(8-10-20)12-13-5-6-13/h1-4,11,13H,5-10,12H2. The van der Waals surface area contributed by atoms with Gasteiger partial charge in [0.1, 0.15) is 5.82 Å². The Balaban J connectivity index is 1.46. The average molecular weight is 268 g/mol. The van der Waals surface area contributed by atoms with Gasteiger partial charge in [-0.05, 0) is 30.9 Å². The third-order valence-electron chi connectivity index (χ3n) is 4.35. The summed E-state index contributed by atoms with van der Waals surface area (Å²) in [6, 6.07) is 8.08. The molecule has 0 bridgehead atoms. The first-order chi connectivity index (χ1) is 9.88. The van der Waals surface area contributed by atoms with Gasteiger partial charge < -0.3 is 4.90 Å². The van der Waals surface area contributed by atoms with E-state index >= 15 is 0 Å². The van der Waals surface area contributed by atoms with E-state index in [0.29, 0.717) is 0 Å². The molecule has 104 valence electrons. The van der Waals surface area contributed by atoms with Crippen LogP contribution in [0.2, 0.25) is 0 Å². The predicted molar refractivity (Wildman–Crippen MR) is 80.9 cm³/mol. The summed E-state index contributed by atoms with van der Waals surface area (Å²) in [5, 5.41) is 0. The van der Waals surface area contributed by atoms with Gasteiger partial charge in [0, 0.05) is 32.7 Å². The summed E-state index contributed by atoms with van der Waals surface area (Å²) < 4.78 is 0. The summed E-state index contributed by atoms with van der Waals surface area (Å²) in [6.45, 7) is 5.76. The number of anilines is 1. The minimum absolute atomic E-state index is 0.976. The van der Waals surface area contributed by atoms with Crippen molar-refractivity contribution in [1.29, 1.82) is 0 Å². The summed E-state index contributed by atoms with van der Waals surface area (Å²) in [5.74, 6) is 2.01. The van der Waals surface area contributed by atoms with E-state index in [2.05, 4.69) is 14.8 Å². The van der Waals surface area contributed by atoms with E-state index in [1.54, 1.807) is 0 Å². The number of rotatable bonds is 3. The van der Waals surface area contributed by atoms with Crippen molar-refractivity contribution in [2.75, 3.05) is 37.6 Å². The maximum Gasteiger partial charge on any atom is 0.147 e. The van der Waals surface area contributed by atoms with Crippen LogP contribution in [-0.2, 0) is 0 Å². The number of nitrogens with zero attached hydrogens (tertiary/aromatic N) is 4. The van der Waals surface area contributed by atoms with Crippen LogP contribution in [0.4, 0.5) is 5.82 Å². The molecule has 4 rings (SSSR count). The molecule has 2 fully saturated rings. The SMILES string of the molecule is c1ccc2nc(N3CCN(CC4CC4)CC3)cnc2c1. The molecule has 2 aromatic rings. The lowest BCUT2D eigenvalue weighted by molar-refractivity contribution is 0.247. The van der Waals surface area contributed by atoms with Gasteiger partial charge in [0.05, 0.1) is 17.2 Å². The van der Waals surface area contributed by atoms with Gasteiger partial charge >= 0.3 is 0 Å². The quantitative estimate of drug-likeness (QED) is 0.854. The molecule has 1 aliphatic heterocycles. The van der Waals surface area contributed by atoms with Gasteiger partial charge in [0.15, 0.2) is 0 Å². The van der Waals surface area contributed by atoms with Crippen LogP contribution in [0, 0.1) is 5.92 Å². The van der Waals surface area contributed by atoms with Gasteiger partial charge in [0.25, 0.3) is 0 Å². The van der Waals surface area contributed by atoms with Crippen LogP contribution in [0.3, 0.4) is 0 Å². The second-order valence-electron chi connectivity index (χ2n) is 5.95. The van der Waals surface area contributed by atoms with E-state index in [-0.39, 0.29) is 0 Å². The lowest BCUT2D eigenvalue weighted by Crippen LogP contribution is -2.47. The summed E-state index contributed by atoms with van der Waals surface area (Å²) in [5.41, 5.74) is 1.97. The zero-order chi connectivity index (χ0) is 13.4. The highest BCUT2D eigenvalue weighted by Crippen LogP contribution is 2.30. The number of hydrogen-bond acceptors (Lipinski definition) is 4. The highest BCUT2D eigenvalue weighted by Gasteiger charge is 2.26. The molecule has 1 aromatic heterocycles. The van der Waals surface area contributed by atoms with Crippen LogP contribution in [0.15, 0.2) is 30.5 Å². The fourth-order valence-corrected chi connectivity index (χ4v) is 2.92. The molecule has 4 nitrogen and oxygen atoms in total. The number of piperazine rings is 1. The molecule has 0 amide bonds. The number of benzene rings is 1. The Morgan fingerprint density at radius 3 is 2.50 bits per heavy atom. The monoisotopic (exact) mass is 268 g/mol. The first-order valence-electron chi connectivity index (χ1n) is 7.57. The predicted octanol–water partition coefficient (Wildman–Crippen LogP) is 2.16. The van der Waals surface area contributed by atoms with E-state index in [4.69, 9.17) is 4.98 Å². The molecule has 1 saturated carbocycles. The Morgan fingerprint density at radius 1 is 1.00 bits per heavy atom. The van der Waals surface area contributed by atoms with Crippen LogP contribution in [0.1, 0.15) is 12.8 Å². The molecular weight excluding hydrogens is 248 g/mol. The molecule has 2 heterocycles. The van der Waals surface area contributed by atoms with Crippen molar-refractivity contribution >= 4 is 16.9 Å². The zero-order valence-electron chi connectivity index (χ0n) is 11.7. The maximum absolute atomic E-state index is 4.74. The molecule has 1 saturated heterocycles. The second kappa shape index (κ2) is 5.02. The summed E-state index contributed by atoms with van der Waals surface area (Å²) in [7, 11) is 0. The van der Waals surface area contributed by atoms with Gasteiger partial charge in [-0.25, -0.2) is 4.98 Å². The van der Waals surface area contributed by atoms with Crippen molar-refractivity contribution in [3.63, 3.8) is 0 Å². The van der Waals surface area contributed by atoms with Crippen LogP contribution in [-0.4, -0.2) is 47.6 Å². The van der Waals surface area contributed by atoms with Crippen LogP contribution >= 0.6 is 0 Å². The van der Waals surface area contributed by atoms with Crippen molar-refractivity contribution in [1.82, 2.24) is 14.9 Å². The average Bonchev–Trinajstić information content (AvgIpc) is 3.32. The van der Waals surface area contributed by atoms with E-state index in [1.165, 1.54) is 19.4 Å². The minimum atomic E-state index is 0.976. The molecule has 0 spiro atoms. The fourth-order valence-electron chi connectivity index (χ4n) is 2.92. The topological polar surface area (TPSA) is 32.3 Å². The number of hydrogen-bond donors (Lipinski definition) is 0. The van der Waals surface area contributed by atoms with Crippen molar-refractivity contribution in [2.45, 2.75) is 12.8 Å². The Labute approximate surface area is 119 Å². The highest BCUT2D eigenvalue weighted by atomic mass is 15.3. The lowest BCUT2D eigenvalue weighted by atomic mass is 10.2. The molecule has 0 unspecified atom stereocenters. The Kier molecular flexibility index (Phi) is 3.03. The number of aromatic nitrogens is 2. The molecule has 4 heteroatoms. The molecule has 2 aliphatic rings. The highest BCUT2D eigenvalue weighted by molar-refractivity contribution is 5.75. The number of fused-ring (bicyclic) bond motifs is 1. The minimum Gasteiger partial charge on any atom is -0.353 e. The Bertz CT molecular complexity index is 600. The first kappa shape index (κ1) is 12.1. The Hall–Kier alpha value is -1.68. The molecule has 0 atom stereocenters. The molecule has 0 N–H and O–H groups in total. The zero-order valence-corrected chi connectivity index (χ0v) is 11.7. The van der Waals surface area contributed by atoms with Gasteiger partial charge in [0.2, 0.25) is 0 Å². The van der Waals surface area contributed by atoms with Crippen LogP contribution in [0.5, 0.6) is 0 Å². The van der Waals surface area contributed by atoms with E-state index in [0.717, 1.165) is 48.9 Å². The summed E-state index contributed by atoms with van der Waals surface area (Å²) in [4.78, 5) is 14.2. The largest absolute Gasteiger partial charge is 0.353 e. The molecule has 20 heavy (non-hydrogen) atoms. The third-order valence-corrected chi connectivity index (χ3v) is 4.35. The van der Waals surface area contributed by atoms with Crippen molar-refractivity contribution < 1.29 is 0 Å². The van der Waals surface area contributed by atoms with E-state index < -0.39 is 0 Å². The van der Waals surface area contributed by atoms with Crippen LogP contribution < -0.4 is 4.90 Å².